The Labute approximate surface area is 163 Å². The zero-order valence-corrected chi connectivity index (χ0v) is 15.8. The number of benzene rings is 1. The van der Waals surface area contributed by atoms with E-state index >= 15 is 0 Å². The molecule has 8 heteroatoms. The average molecular weight is 380 g/mol. The van der Waals surface area contributed by atoms with Gasteiger partial charge in [0.1, 0.15) is 5.82 Å². The van der Waals surface area contributed by atoms with E-state index in [-0.39, 0.29) is 12.1 Å². The number of pyridine rings is 1. The van der Waals surface area contributed by atoms with Crippen LogP contribution in [0.3, 0.4) is 0 Å². The highest BCUT2D eigenvalue weighted by atomic mass is 16.5. The predicted molar refractivity (Wildman–Crippen MR) is 107 cm³/mol. The number of rotatable bonds is 5. The number of hydrogen-bond acceptors (Lipinski definition) is 5. The van der Waals surface area contributed by atoms with E-state index in [1.54, 1.807) is 6.20 Å². The van der Waals surface area contributed by atoms with E-state index in [9.17, 15) is 4.79 Å². The summed E-state index contributed by atoms with van der Waals surface area (Å²) in [7, 11) is 0. The van der Waals surface area contributed by atoms with Gasteiger partial charge in [-0.15, -0.1) is 0 Å². The van der Waals surface area contributed by atoms with Gasteiger partial charge in [0.15, 0.2) is 0 Å². The summed E-state index contributed by atoms with van der Waals surface area (Å²) < 4.78 is 5.46. The van der Waals surface area contributed by atoms with Crippen LogP contribution in [0.15, 0.2) is 42.7 Å². The molecule has 0 saturated carbocycles. The maximum atomic E-state index is 12.5. The second kappa shape index (κ2) is 8.37. The third kappa shape index (κ3) is 4.29. The summed E-state index contributed by atoms with van der Waals surface area (Å²) in [5, 5.41) is 5.89. The van der Waals surface area contributed by atoms with Crippen molar-refractivity contribution in [2.75, 3.05) is 38.2 Å². The number of carbonyl (C=O) groups excluding carboxylic acids is 1. The maximum absolute atomic E-state index is 12.5. The third-order valence-electron chi connectivity index (χ3n) is 4.87. The Morgan fingerprint density at radius 2 is 2.18 bits per heavy atom. The van der Waals surface area contributed by atoms with Gasteiger partial charge in [0.2, 0.25) is 0 Å². The number of urea groups is 1. The molecule has 8 nitrogen and oxygen atoms in total. The molecule has 1 unspecified atom stereocenters. The third-order valence-corrected chi connectivity index (χ3v) is 4.87. The minimum atomic E-state index is -0.238. The highest BCUT2D eigenvalue weighted by Gasteiger charge is 2.23. The Kier molecular flexibility index (Phi) is 5.50. The van der Waals surface area contributed by atoms with Gasteiger partial charge in [-0.2, -0.15) is 0 Å². The molecule has 1 saturated heterocycles. The summed E-state index contributed by atoms with van der Waals surface area (Å²) in [5.74, 6) is 0.849. The van der Waals surface area contributed by atoms with Gasteiger partial charge in [-0.25, -0.2) is 9.78 Å². The van der Waals surface area contributed by atoms with E-state index in [0.29, 0.717) is 19.8 Å². The number of anilines is 1. The van der Waals surface area contributed by atoms with Crippen LogP contribution in [0.5, 0.6) is 0 Å². The number of nitrogens with zero attached hydrogens (tertiary/aromatic N) is 3. The van der Waals surface area contributed by atoms with Crippen LogP contribution in [0.4, 0.5) is 10.5 Å². The highest BCUT2D eigenvalue weighted by molar-refractivity contribution is 5.91. The van der Waals surface area contributed by atoms with E-state index in [2.05, 4.69) is 30.5 Å². The van der Waals surface area contributed by atoms with Crippen molar-refractivity contribution < 1.29 is 9.53 Å². The van der Waals surface area contributed by atoms with Gasteiger partial charge in [-0.1, -0.05) is 6.07 Å². The van der Waals surface area contributed by atoms with Crippen LogP contribution in [0.25, 0.3) is 11.0 Å². The summed E-state index contributed by atoms with van der Waals surface area (Å²) in [4.78, 5) is 26.6. The molecule has 2 amide bonds. The first-order valence-electron chi connectivity index (χ1n) is 9.42. The summed E-state index contributed by atoms with van der Waals surface area (Å²) >= 11 is 0. The predicted octanol–water partition coefficient (Wildman–Crippen LogP) is 2.46. The Balaban J connectivity index is 1.41. The van der Waals surface area contributed by atoms with Crippen molar-refractivity contribution in [1.29, 1.82) is 0 Å². The van der Waals surface area contributed by atoms with E-state index < -0.39 is 0 Å². The molecular weight excluding hydrogens is 356 g/mol. The number of morpholine rings is 1. The number of amides is 2. The number of fused-ring (bicyclic) bond motifs is 1. The fourth-order valence-corrected chi connectivity index (χ4v) is 3.50. The van der Waals surface area contributed by atoms with Crippen LogP contribution in [-0.4, -0.2) is 58.7 Å². The van der Waals surface area contributed by atoms with E-state index in [4.69, 9.17) is 4.74 Å². The molecule has 3 N–H and O–H groups in total. The lowest BCUT2D eigenvalue weighted by Crippen LogP contribution is -2.44. The first kappa shape index (κ1) is 18.4. The Morgan fingerprint density at radius 3 is 2.96 bits per heavy atom. The molecule has 1 aliphatic heterocycles. The van der Waals surface area contributed by atoms with E-state index in [1.165, 1.54) is 0 Å². The average Bonchev–Trinajstić information content (AvgIpc) is 3.09. The maximum Gasteiger partial charge on any atom is 0.319 e. The SMILES string of the molecule is Cc1nc2ccc(NC(=O)NCC(c3cccnc3)N3CCOCC3)cc2[nH]1. The zero-order valence-electron chi connectivity index (χ0n) is 15.8. The van der Waals surface area contributed by atoms with Gasteiger partial charge in [0, 0.05) is 37.7 Å². The van der Waals surface area contributed by atoms with Gasteiger partial charge in [0.05, 0.1) is 30.3 Å². The van der Waals surface area contributed by atoms with Crippen LogP contribution in [0, 0.1) is 6.92 Å². The summed E-state index contributed by atoms with van der Waals surface area (Å²) in [6.45, 7) is 5.46. The molecule has 1 atom stereocenters. The summed E-state index contributed by atoms with van der Waals surface area (Å²) in [5.41, 5.74) is 3.58. The first-order valence-corrected chi connectivity index (χ1v) is 9.42. The van der Waals surface area contributed by atoms with Crippen LogP contribution in [0.1, 0.15) is 17.4 Å². The van der Waals surface area contributed by atoms with Crippen molar-refractivity contribution in [3.8, 4) is 0 Å². The summed E-state index contributed by atoms with van der Waals surface area (Å²) in [6.07, 6.45) is 3.61. The first-order chi connectivity index (χ1) is 13.7. The number of hydrogen-bond donors (Lipinski definition) is 3. The zero-order chi connectivity index (χ0) is 19.3. The number of aromatic amines is 1. The summed E-state index contributed by atoms with van der Waals surface area (Å²) in [6, 6.07) is 9.41. The monoisotopic (exact) mass is 380 g/mol. The van der Waals surface area contributed by atoms with Crippen molar-refractivity contribution in [3.05, 3.63) is 54.1 Å². The van der Waals surface area contributed by atoms with Gasteiger partial charge >= 0.3 is 6.03 Å². The van der Waals surface area contributed by atoms with Crippen molar-refractivity contribution in [1.82, 2.24) is 25.2 Å². The van der Waals surface area contributed by atoms with Crippen LogP contribution in [-0.2, 0) is 4.74 Å². The molecule has 2 aromatic heterocycles. The Morgan fingerprint density at radius 1 is 1.32 bits per heavy atom. The molecule has 4 rings (SSSR count). The lowest BCUT2D eigenvalue weighted by atomic mass is 10.1. The molecule has 1 aliphatic rings. The number of ether oxygens (including phenoxy) is 1. The number of aromatic nitrogens is 3. The van der Waals surface area contributed by atoms with Gasteiger partial charge in [-0.3, -0.25) is 9.88 Å². The largest absolute Gasteiger partial charge is 0.379 e. The molecule has 3 heterocycles. The van der Waals surface area contributed by atoms with Crippen LogP contribution in [0.2, 0.25) is 0 Å². The normalized spacial score (nSPS) is 16.0. The second-order valence-electron chi connectivity index (χ2n) is 6.84. The minimum absolute atomic E-state index is 0.0566. The van der Waals surface area contributed by atoms with Gasteiger partial charge in [-0.05, 0) is 36.8 Å². The van der Waals surface area contributed by atoms with Crippen molar-refractivity contribution in [2.45, 2.75) is 13.0 Å². The number of H-pyrrole nitrogens is 1. The smallest absolute Gasteiger partial charge is 0.319 e. The molecule has 0 radical (unpaired) electrons. The lowest BCUT2D eigenvalue weighted by molar-refractivity contribution is 0.0167. The Hall–Kier alpha value is -2.97. The quantitative estimate of drug-likeness (QED) is 0.632. The molecule has 0 aliphatic carbocycles. The Bertz CT molecular complexity index is 936. The molecule has 0 bridgehead atoms. The topological polar surface area (TPSA) is 95.2 Å². The molecule has 0 spiro atoms. The molecule has 146 valence electrons. The standard InChI is InChI=1S/C20H24N6O2/c1-14-23-17-5-4-16(11-18(17)24-14)25-20(27)22-13-19(15-3-2-6-21-12-15)26-7-9-28-10-8-26/h2-6,11-12,19H,7-10,13H2,1H3,(H,23,24)(H2,22,25,27). The van der Waals surface area contributed by atoms with E-state index in [1.807, 2.05) is 43.5 Å². The number of carbonyl (C=O) groups is 1. The lowest BCUT2D eigenvalue weighted by Gasteiger charge is -2.34. The van der Waals surface area contributed by atoms with Crippen LogP contribution < -0.4 is 10.6 Å². The number of nitrogens with one attached hydrogen (secondary N) is 3. The highest BCUT2D eigenvalue weighted by Crippen LogP contribution is 2.21. The van der Waals surface area contributed by atoms with Crippen LogP contribution >= 0.6 is 0 Å². The molecule has 1 aromatic carbocycles. The fourth-order valence-electron chi connectivity index (χ4n) is 3.50. The minimum Gasteiger partial charge on any atom is -0.379 e. The molecule has 3 aromatic rings. The van der Waals surface area contributed by atoms with Gasteiger partial charge < -0.3 is 20.4 Å². The molecule has 1 fully saturated rings. The van der Waals surface area contributed by atoms with Gasteiger partial charge in [0.25, 0.3) is 0 Å². The molecule has 28 heavy (non-hydrogen) atoms. The van der Waals surface area contributed by atoms with Crippen molar-refractivity contribution in [2.24, 2.45) is 0 Å². The van der Waals surface area contributed by atoms with Crippen molar-refractivity contribution >= 4 is 22.8 Å². The number of aryl methyl sites for hydroxylation is 1. The van der Waals surface area contributed by atoms with E-state index in [0.717, 1.165) is 41.2 Å². The number of imidazole rings is 1. The van der Waals surface area contributed by atoms with Crippen molar-refractivity contribution in [3.63, 3.8) is 0 Å². The molecular formula is C20H24N6O2. The fraction of sp³-hybridized carbons (Fsp3) is 0.350. The second-order valence-corrected chi connectivity index (χ2v) is 6.84.